The van der Waals surface area contributed by atoms with Crippen molar-refractivity contribution in [1.82, 2.24) is 5.32 Å². The first-order chi connectivity index (χ1) is 9.19. The van der Waals surface area contributed by atoms with Crippen LogP contribution in [0.4, 0.5) is 0 Å². The van der Waals surface area contributed by atoms with Gasteiger partial charge in [0.15, 0.2) is 0 Å². The molecule has 0 fully saturated rings. The van der Waals surface area contributed by atoms with Crippen molar-refractivity contribution >= 4 is 0 Å². The number of allylic oxidation sites excluding steroid dienone is 2. The van der Waals surface area contributed by atoms with Crippen molar-refractivity contribution in [2.24, 2.45) is 11.8 Å². The van der Waals surface area contributed by atoms with E-state index in [2.05, 4.69) is 37.4 Å². The van der Waals surface area contributed by atoms with Crippen molar-refractivity contribution < 1.29 is 5.11 Å². The highest BCUT2D eigenvalue weighted by molar-refractivity contribution is 5.19. The Bertz CT molecular complexity index is 413. The molecule has 0 heterocycles. The number of nitrogens with one attached hydrogen (secondary N) is 1. The highest BCUT2D eigenvalue weighted by Crippen LogP contribution is 2.27. The van der Waals surface area contributed by atoms with Crippen LogP contribution in [0, 0.1) is 11.8 Å². The molecule has 19 heavy (non-hydrogen) atoms. The van der Waals surface area contributed by atoms with Crippen LogP contribution in [0.25, 0.3) is 0 Å². The van der Waals surface area contributed by atoms with E-state index in [-0.39, 0.29) is 12.6 Å². The molecule has 0 saturated carbocycles. The molecule has 1 aliphatic carbocycles. The van der Waals surface area contributed by atoms with Crippen LogP contribution in [0.3, 0.4) is 0 Å². The highest BCUT2D eigenvalue weighted by Gasteiger charge is 2.19. The fourth-order valence-electron chi connectivity index (χ4n) is 3.12. The number of aliphatic hydroxyl groups excluding tert-OH is 1. The zero-order valence-corrected chi connectivity index (χ0v) is 12.0. The molecule has 0 aliphatic heterocycles. The van der Waals surface area contributed by atoms with Gasteiger partial charge in [-0.2, -0.15) is 0 Å². The molecule has 0 amide bonds. The third-order valence-electron chi connectivity index (χ3n) is 3.92. The van der Waals surface area contributed by atoms with Crippen LogP contribution in [0.5, 0.6) is 0 Å². The molecule has 0 aromatic heterocycles. The maximum absolute atomic E-state index is 9.54. The zero-order chi connectivity index (χ0) is 13.7. The van der Waals surface area contributed by atoms with Crippen molar-refractivity contribution in [3.05, 3.63) is 47.5 Å². The first kappa shape index (κ1) is 14.3. The van der Waals surface area contributed by atoms with Gasteiger partial charge in [-0.1, -0.05) is 48.9 Å². The van der Waals surface area contributed by atoms with Gasteiger partial charge in [-0.3, -0.25) is 0 Å². The summed E-state index contributed by atoms with van der Waals surface area (Å²) in [6.07, 6.45) is 4.82. The van der Waals surface area contributed by atoms with E-state index in [9.17, 15) is 5.11 Å². The maximum atomic E-state index is 9.54. The molecule has 2 N–H and O–H groups in total. The first-order valence-corrected chi connectivity index (χ1v) is 7.25. The van der Waals surface area contributed by atoms with Gasteiger partial charge in [0.2, 0.25) is 0 Å². The van der Waals surface area contributed by atoms with Gasteiger partial charge in [-0.25, -0.2) is 0 Å². The molecule has 0 spiro atoms. The lowest BCUT2D eigenvalue weighted by Gasteiger charge is -2.27. The Hall–Kier alpha value is -1.12. The highest BCUT2D eigenvalue weighted by atomic mass is 16.3. The fraction of sp³-hybridized carbons (Fsp3) is 0.529. The molecule has 1 aromatic carbocycles. The van der Waals surface area contributed by atoms with Gasteiger partial charge >= 0.3 is 0 Å². The van der Waals surface area contributed by atoms with E-state index >= 15 is 0 Å². The third kappa shape index (κ3) is 4.19. The summed E-state index contributed by atoms with van der Waals surface area (Å²) in [7, 11) is 0. The lowest BCUT2D eigenvalue weighted by Crippen LogP contribution is -2.31. The average Bonchev–Trinajstić information content (AvgIpc) is 2.39. The summed E-state index contributed by atoms with van der Waals surface area (Å²) >= 11 is 0. The monoisotopic (exact) mass is 259 g/mol. The van der Waals surface area contributed by atoms with Crippen LogP contribution < -0.4 is 5.32 Å². The largest absolute Gasteiger partial charge is 0.394 e. The molecule has 0 saturated heterocycles. The predicted molar refractivity (Wildman–Crippen MR) is 79.9 cm³/mol. The molecule has 0 bridgehead atoms. The van der Waals surface area contributed by atoms with Crippen LogP contribution >= 0.6 is 0 Å². The van der Waals surface area contributed by atoms with Gasteiger partial charge < -0.3 is 10.4 Å². The van der Waals surface area contributed by atoms with Crippen LogP contribution in [0.15, 0.2) is 42.0 Å². The summed E-state index contributed by atoms with van der Waals surface area (Å²) in [6, 6.07) is 10.3. The van der Waals surface area contributed by atoms with Crippen molar-refractivity contribution in [2.75, 3.05) is 13.2 Å². The van der Waals surface area contributed by atoms with E-state index in [1.165, 1.54) is 24.0 Å². The van der Waals surface area contributed by atoms with E-state index in [1.54, 1.807) is 0 Å². The van der Waals surface area contributed by atoms with Gasteiger partial charge in [-0.05, 0) is 43.7 Å². The Balaban J connectivity index is 1.89. The van der Waals surface area contributed by atoms with Gasteiger partial charge in [0.25, 0.3) is 0 Å². The normalized spacial score (nSPS) is 24.9. The third-order valence-corrected chi connectivity index (χ3v) is 3.92. The Kier molecular flexibility index (Phi) is 5.17. The number of hydrogen-bond donors (Lipinski definition) is 2. The predicted octanol–water partition coefficient (Wildman–Crippen LogP) is 3.30. The average molecular weight is 259 g/mol. The number of rotatable bonds is 5. The number of aliphatic hydroxyl groups is 1. The lowest BCUT2D eigenvalue weighted by molar-refractivity contribution is 0.234. The minimum atomic E-state index is 0.0581. The van der Waals surface area contributed by atoms with Crippen molar-refractivity contribution in [2.45, 2.75) is 32.7 Å². The molecule has 2 unspecified atom stereocenters. The molecule has 2 nitrogen and oxygen atoms in total. The van der Waals surface area contributed by atoms with E-state index in [0.29, 0.717) is 11.8 Å². The number of hydrogen-bond acceptors (Lipinski definition) is 2. The van der Waals surface area contributed by atoms with E-state index < -0.39 is 0 Å². The van der Waals surface area contributed by atoms with Crippen LogP contribution in [0.2, 0.25) is 0 Å². The minimum Gasteiger partial charge on any atom is -0.394 e. The maximum Gasteiger partial charge on any atom is 0.0626 e. The molecule has 2 rings (SSSR count). The standard InChI is InChI=1S/C17H25NO/c1-13-8-14(2)10-15(9-13)11-18-17(12-19)16-6-4-3-5-7-16/h3-8,13,15,17-19H,9-12H2,1-2H3/t13?,15?,17-/m0/s1. The Morgan fingerprint density at radius 2 is 2.05 bits per heavy atom. The second-order valence-corrected chi connectivity index (χ2v) is 5.85. The van der Waals surface area contributed by atoms with Gasteiger partial charge in [0.1, 0.15) is 0 Å². The minimum absolute atomic E-state index is 0.0581. The van der Waals surface area contributed by atoms with Crippen LogP contribution in [-0.2, 0) is 0 Å². The molecular formula is C17H25NO. The second-order valence-electron chi connectivity index (χ2n) is 5.85. The molecule has 1 aromatic rings. The smallest absolute Gasteiger partial charge is 0.0626 e. The van der Waals surface area contributed by atoms with Crippen LogP contribution in [0.1, 0.15) is 38.3 Å². The summed E-state index contributed by atoms with van der Waals surface area (Å²) in [5.74, 6) is 1.38. The van der Waals surface area contributed by atoms with E-state index in [1.807, 2.05) is 18.2 Å². The van der Waals surface area contributed by atoms with Gasteiger partial charge in [-0.15, -0.1) is 0 Å². The Labute approximate surface area is 116 Å². The Morgan fingerprint density at radius 1 is 1.32 bits per heavy atom. The fourth-order valence-corrected chi connectivity index (χ4v) is 3.12. The van der Waals surface area contributed by atoms with Crippen molar-refractivity contribution in [3.8, 4) is 0 Å². The Morgan fingerprint density at radius 3 is 2.68 bits per heavy atom. The van der Waals surface area contributed by atoms with Gasteiger partial charge in [0.05, 0.1) is 12.6 Å². The quantitative estimate of drug-likeness (QED) is 0.795. The van der Waals surface area contributed by atoms with Crippen molar-refractivity contribution in [3.63, 3.8) is 0 Å². The summed E-state index contributed by atoms with van der Waals surface area (Å²) < 4.78 is 0. The molecule has 1 aliphatic rings. The summed E-state index contributed by atoms with van der Waals surface area (Å²) in [6.45, 7) is 5.65. The SMILES string of the molecule is CC1=CC(C)CC(CN[C@@H](CO)c2ccccc2)C1. The molecule has 3 atom stereocenters. The molecule has 2 heteroatoms. The van der Waals surface area contributed by atoms with Gasteiger partial charge in [0, 0.05) is 0 Å². The van der Waals surface area contributed by atoms with Crippen LogP contribution in [-0.4, -0.2) is 18.3 Å². The van der Waals surface area contributed by atoms with Crippen molar-refractivity contribution in [1.29, 1.82) is 0 Å². The second kappa shape index (κ2) is 6.88. The summed E-state index contributed by atoms with van der Waals surface area (Å²) in [5, 5.41) is 13.1. The summed E-state index contributed by atoms with van der Waals surface area (Å²) in [4.78, 5) is 0. The molecular weight excluding hydrogens is 234 g/mol. The first-order valence-electron chi connectivity index (χ1n) is 7.25. The molecule has 104 valence electrons. The topological polar surface area (TPSA) is 32.3 Å². The number of benzene rings is 1. The van der Waals surface area contributed by atoms with E-state index in [0.717, 1.165) is 6.54 Å². The van der Waals surface area contributed by atoms with E-state index in [4.69, 9.17) is 0 Å². The summed E-state index contributed by atoms with van der Waals surface area (Å²) in [5.41, 5.74) is 2.67. The lowest BCUT2D eigenvalue weighted by atomic mass is 9.83. The molecule has 0 radical (unpaired) electrons. The zero-order valence-electron chi connectivity index (χ0n) is 12.0.